The van der Waals surface area contributed by atoms with E-state index in [0.717, 1.165) is 89.2 Å². The molecule has 0 aromatic carbocycles. The van der Waals surface area contributed by atoms with Gasteiger partial charge in [0.2, 0.25) is 0 Å². The first-order chi connectivity index (χ1) is 14.5. The molecular formula is C21H41N7O2. The van der Waals surface area contributed by atoms with Gasteiger partial charge in [-0.1, -0.05) is 13.8 Å². The third kappa shape index (κ3) is 7.52. The average Bonchev–Trinajstić information content (AvgIpc) is 3.10. The van der Waals surface area contributed by atoms with Crippen LogP contribution >= 0.6 is 0 Å². The summed E-state index contributed by atoms with van der Waals surface area (Å²) in [6.45, 7) is 13.4. The minimum atomic E-state index is 0.0758. The van der Waals surface area contributed by atoms with Crippen LogP contribution in [0.25, 0.3) is 0 Å². The summed E-state index contributed by atoms with van der Waals surface area (Å²) in [5.74, 6) is 2.52. The highest BCUT2D eigenvalue weighted by Gasteiger charge is 2.25. The minimum Gasteiger partial charge on any atom is -0.396 e. The molecule has 1 saturated heterocycles. The quantitative estimate of drug-likeness (QED) is 0.263. The molecule has 0 unspecified atom stereocenters. The number of guanidine groups is 1. The van der Waals surface area contributed by atoms with Gasteiger partial charge in [0.25, 0.3) is 0 Å². The predicted molar refractivity (Wildman–Crippen MR) is 119 cm³/mol. The Hall–Kier alpha value is -1.71. The molecular weight excluding hydrogens is 382 g/mol. The van der Waals surface area contributed by atoms with Gasteiger partial charge in [0.15, 0.2) is 11.8 Å². The maximum atomic E-state index is 9.51. The number of nitrogens with zero attached hydrogens (tertiary/aromatic N) is 5. The zero-order chi connectivity index (χ0) is 21.8. The highest BCUT2D eigenvalue weighted by atomic mass is 16.5. The van der Waals surface area contributed by atoms with Crippen LogP contribution in [0.15, 0.2) is 4.99 Å². The topological polar surface area (TPSA) is 99.8 Å². The van der Waals surface area contributed by atoms with Crippen LogP contribution in [0.4, 0.5) is 0 Å². The molecule has 9 nitrogen and oxygen atoms in total. The van der Waals surface area contributed by atoms with E-state index in [1.165, 1.54) is 0 Å². The number of aliphatic imine (C=N–C) groups is 1. The number of aliphatic hydroxyl groups excluding tert-OH is 1. The van der Waals surface area contributed by atoms with E-state index in [1.54, 1.807) is 0 Å². The predicted octanol–water partition coefficient (Wildman–Crippen LogP) is 1.07. The maximum absolute atomic E-state index is 9.51. The van der Waals surface area contributed by atoms with E-state index in [4.69, 9.17) is 9.73 Å². The van der Waals surface area contributed by atoms with Crippen molar-refractivity contribution in [1.29, 1.82) is 0 Å². The van der Waals surface area contributed by atoms with E-state index in [1.807, 2.05) is 18.5 Å². The Bertz CT molecular complexity index is 637. The molecule has 0 atom stereocenters. The van der Waals surface area contributed by atoms with Crippen molar-refractivity contribution in [3.8, 4) is 0 Å². The summed E-state index contributed by atoms with van der Waals surface area (Å²) in [6, 6.07) is 0. The molecule has 0 bridgehead atoms. The first-order valence-corrected chi connectivity index (χ1v) is 11.3. The summed E-state index contributed by atoms with van der Waals surface area (Å²) in [6.07, 6.45) is 3.88. The molecule has 1 aromatic rings. The van der Waals surface area contributed by atoms with Gasteiger partial charge in [-0.3, -0.25) is 4.90 Å². The Morgan fingerprint density at radius 3 is 2.53 bits per heavy atom. The average molecular weight is 424 g/mol. The second-order valence-electron chi connectivity index (χ2n) is 8.16. The second kappa shape index (κ2) is 12.9. The molecule has 1 aromatic heterocycles. The van der Waals surface area contributed by atoms with Crippen LogP contribution in [0.2, 0.25) is 0 Å². The van der Waals surface area contributed by atoms with Crippen LogP contribution in [0.3, 0.4) is 0 Å². The van der Waals surface area contributed by atoms with Gasteiger partial charge in [0.05, 0.1) is 13.2 Å². The Morgan fingerprint density at radius 1 is 1.20 bits per heavy atom. The molecule has 0 saturated carbocycles. The van der Waals surface area contributed by atoms with E-state index in [2.05, 4.69) is 39.6 Å². The van der Waals surface area contributed by atoms with Gasteiger partial charge in [-0.05, 0) is 44.6 Å². The Morgan fingerprint density at radius 2 is 1.93 bits per heavy atom. The van der Waals surface area contributed by atoms with E-state index < -0.39 is 0 Å². The normalized spacial score (nSPS) is 16.1. The lowest BCUT2D eigenvalue weighted by Crippen LogP contribution is -2.45. The Balaban J connectivity index is 1.94. The molecule has 9 heteroatoms. The van der Waals surface area contributed by atoms with Gasteiger partial charge >= 0.3 is 0 Å². The van der Waals surface area contributed by atoms with Crippen molar-refractivity contribution < 1.29 is 9.84 Å². The standard InChI is InChI=1S/C21H41N7O2/c1-5-21(6-2,8-13-29)17-24-20(23-16-19-26-25-18(3)27(19)4)22-9-7-10-28-11-14-30-15-12-28/h29H,5-17H2,1-4H3,(H2,22,23,24). The first-order valence-electron chi connectivity index (χ1n) is 11.3. The van der Waals surface area contributed by atoms with Crippen molar-refractivity contribution >= 4 is 5.96 Å². The number of aryl methyl sites for hydroxylation is 1. The van der Waals surface area contributed by atoms with Crippen molar-refractivity contribution in [2.24, 2.45) is 17.5 Å². The molecule has 172 valence electrons. The van der Waals surface area contributed by atoms with Crippen LogP contribution in [0.5, 0.6) is 0 Å². The molecule has 1 aliphatic heterocycles. The molecule has 0 spiro atoms. The SMILES string of the molecule is CCC(CC)(CCO)CNC(=NCc1nnc(C)n1C)NCCCN1CCOCC1. The third-order valence-corrected chi connectivity index (χ3v) is 6.38. The highest BCUT2D eigenvalue weighted by Crippen LogP contribution is 2.29. The lowest BCUT2D eigenvalue weighted by Gasteiger charge is -2.32. The summed E-state index contributed by atoms with van der Waals surface area (Å²) < 4.78 is 7.38. The zero-order valence-corrected chi connectivity index (χ0v) is 19.3. The number of morpholine rings is 1. The van der Waals surface area contributed by atoms with Gasteiger partial charge in [-0.15, -0.1) is 10.2 Å². The first kappa shape index (κ1) is 24.6. The number of aromatic nitrogens is 3. The maximum Gasteiger partial charge on any atom is 0.191 e. The van der Waals surface area contributed by atoms with Crippen molar-refractivity contribution in [2.45, 2.75) is 53.0 Å². The zero-order valence-electron chi connectivity index (χ0n) is 19.3. The van der Waals surface area contributed by atoms with Gasteiger partial charge in [-0.2, -0.15) is 0 Å². The van der Waals surface area contributed by atoms with Crippen LogP contribution in [0, 0.1) is 12.3 Å². The fraction of sp³-hybridized carbons (Fsp3) is 0.857. The lowest BCUT2D eigenvalue weighted by atomic mass is 9.79. The number of nitrogens with one attached hydrogen (secondary N) is 2. The van der Waals surface area contributed by atoms with Crippen LogP contribution in [0.1, 0.15) is 51.2 Å². The lowest BCUT2D eigenvalue weighted by molar-refractivity contribution is 0.0376. The van der Waals surface area contributed by atoms with Gasteiger partial charge < -0.3 is 25.0 Å². The molecule has 2 heterocycles. The largest absolute Gasteiger partial charge is 0.396 e. The van der Waals surface area contributed by atoms with Crippen molar-refractivity contribution in [1.82, 2.24) is 30.3 Å². The van der Waals surface area contributed by atoms with Crippen LogP contribution in [-0.2, 0) is 18.3 Å². The van der Waals surface area contributed by atoms with E-state index in [9.17, 15) is 5.11 Å². The number of ether oxygens (including phenoxy) is 1. The number of rotatable bonds is 12. The molecule has 2 rings (SSSR count). The molecule has 0 amide bonds. The van der Waals surface area contributed by atoms with Crippen molar-refractivity contribution in [2.75, 3.05) is 52.5 Å². The number of aliphatic hydroxyl groups is 1. The minimum absolute atomic E-state index is 0.0758. The fourth-order valence-corrected chi connectivity index (χ4v) is 3.70. The summed E-state index contributed by atoms with van der Waals surface area (Å²) in [4.78, 5) is 7.20. The van der Waals surface area contributed by atoms with E-state index in [-0.39, 0.29) is 12.0 Å². The third-order valence-electron chi connectivity index (χ3n) is 6.38. The smallest absolute Gasteiger partial charge is 0.191 e. The van der Waals surface area contributed by atoms with Gasteiger partial charge in [0.1, 0.15) is 12.4 Å². The summed E-state index contributed by atoms with van der Waals surface area (Å²) >= 11 is 0. The second-order valence-corrected chi connectivity index (χ2v) is 8.16. The number of hydrogen-bond donors (Lipinski definition) is 3. The molecule has 1 aliphatic rings. The molecule has 0 aliphatic carbocycles. The van der Waals surface area contributed by atoms with Crippen LogP contribution < -0.4 is 10.6 Å². The monoisotopic (exact) mass is 423 g/mol. The van der Waals surface area contributed by atoms with Gasteiger partial charge in [0, 0.05) is 39.8 Å². The van der Waals surface area contributed by atoms with Crippen molar-refractivity contribution in [3.05, 3.63) is 11.6 Å². The molecule has 3 N–H and O–H groups in total. The Labute approximate surface area is 181 Å². The van der Waals surface area contributed by atoms with Crippen LogP contribution in [-0.4, -0.2) is 83.3 Å². The Kier molecular flexibility index (Phi) is 10.5. The molecule has 0 radical (unpaired) electrons. The summed E-state index contributed by atoms with van der Waals surface area (Å²) in [7, 11) is 1.96. The van der Waals surface area contributed by atoms with E-state index in [0.29, 0.717) is 6.54 Å². The number of hydrogen-bond acceptors (Lipinski definition) is 6. The fourth-order valence-electron chi connectivity index (χ4n) is 3.70. The molecule has 30 heavy (non-hydrogen) atoms. The summed E-state index contributed by atoms with van der Waals surface area (Å²) in [5.41, 5.74) is 0.0758. The highest BCUT2D eigenvalue weighted by molar-refractivity contribution is 5.79. The molecule has 1 fully saturated rings. The van der Waals surface area contributed by atoms with Gasteiger partial charge in [-0.25, -0.2) is 4.99 Å². The van der Waals surface area contributed by atoms with E-state index >= 15 is 0 Å². The van der Waals surface area contributed by atoms with Crippen molar-refractivity contribution in [3.63, 3.8) is 0 Å². The summed E-state index contributed by atoms with van der Waals surface area (Å²) in [5, 5.41) is 24.8.